The van der Waals surface area contributed by atoms with Crippen molar-refractivity contribution in [3.05, 3.63) is 255 Å². The van der Waals surface area contributed by atoms with Crippen LogP contribution in [0.3, 0.4) is 0 Å². The van der Waals surface area contributed by atoms with Crippen LogP contribution in [0.25, 0.3) is 87.6 Å². The van der Waals surface area contributed by atoms with Gasteiger partial charge in [0.05, 0.1) is 0 Å². The zero-order valence-corrected chi connectivity index (χ0v) is 36.1. The van der Waals surface area contributed by atoms with E-state index in [1.807, 2.05) is 0 Å². The molecule has 13 rings (SSSR count). The average Bonchev–Trinajstić information content (AvgIpc) is 3.72. The molecule has 0 heterocycles. The van der Waals surface area contributed by atoms with E-state index in [-0.39, 0.29) is 0 Å². The van der Waals surface area contributed by atoms with E-state index in [0.717, 1.165) is 34.1 Å². The second-order valence-electron chi connectivity index (χ2n) is 17.2. The molecule has 2 nitrogen and oxygen atoms in total. The fraction of sp³-hybridized carbons (Fsp3) is 0. The summed E-state index contributed by atoms with van der Waals surface area (Å²) in [5.41, 5.74) is 16.7. The van der Waals surface area contributed by atoms with Gasteiger partial charge in [-0.1, -0.05) is 176 Å². The third-order valence-electron chi connectivity index (χ3n) is 13.5. The van der Waals surface area contributed by atoms with Gasteiger partial charge in [0.2, 0.25) is 0 Å². The lowest BCUT2D eigenvalue weighted by Crippen LogP contribution is -2.10. The third kappa shape index (κ3) is 6.11. The molecule has 0 atom stereocenters. The SMILES string of the molecule is c1ccc(N(c2ccccc2)c2ccc3c(-c4ccc5c6c(cccc46)-c4ccccc4-5)c4cc(N(c5ccccc5)c5ccccc5)ccc4c(-c4ccc5ccccc5c4)c3c2)cc1. The summed E-state index contributed by atoms with van der Waals surface area (Å²) in [6.45, 7) is 0. The monoisotopic (exact) mass is 838 g/mol. The van der Waals surface area contributed by atoms with Crippen LogP contribution in [0.5, 0.6) is 0 Å². The second kappa shape index (κ2) is 15.5. The van der Waals surface area contributed by atoms with Gasteiger partial charge in [-0.25, -0.2) is 0 Å². The summed E-state index contributed by atoms with van der Waals surface area (Å²) in [6, 6.07) is 93.4. The van der Waals surface area contributed by atoms with Crippen LogP contribution >= 0.6 is 0 Å². The summed E-state index contributed by atoms with van der Waals surface area (Å²) in [7, 11) is 0. The fourth-order valence-corrected chi connectivity index (χ4v) is 10.7. The van der Waals surface area contributed by atoms with Gasteiger partial charge in [-0.15, -0.1) is 0 Å². The molecule has 308 valence electrons. The van der Waals surface area contributed by atoms with E-state index in [0.29, 0.717) is 0 Å². The molecule has 0 radical (unpaired) electrons. The molecule has 0 fully saturated rings. The van der Waals surface area contributed by atoms with E-state index in [9.17, 15) is 0 Å². The van der Waals surface area contributed by atoms with Crippen LogP contribution in [-0.2, 0) is 0 Å². The van der Waals surface area contributed by atoms with Gasteiger partial charge in [0.1, 0.15) is 0 Å². The van der Waals surface area contributed by atoms with Gasteiger partial charge in [-0.2, -0.15) is 0 Å². The first-order valence-corrected chi connectivity index (χ1v) is 22.8. The number of benzene rings is 12. The maximum absolute atomic E-state index is 2.45. The van der Waals surface area contributed by atoms with Gasteiger partial charge in [0.15, 0.2) is 0 Å². The summed E-state index contributed by atoms with van der Waals surface area (Å²) in [5, 5.41) is 9.82. The number of para-hydroxylation sites is 4. The molecular formula is C64H42N2. The topological polar surface area (TPSA) is 6.48 Å². The van der Waals surface area contributed by atoms with Crippen LogP contribution in [0.4, 0.5) is 34.1 Å². The molecule has 0 aliphatic heterocycles. The summed E-state index contributed by atoms with van der Waals surface area (Å²) in [6.07, 6.45) is 0. The molecule has 0 bridgehead atoms. The molecule has 0 spiro atoms. The van der Waals surface area contributed by atoms with Crippen molar-refractivity contribution in [1.29, 1.82) is 0 Å². The Morgan fingerprint density at radius 1 is 0.212 bits per heavy atom. The van der Waals surface area contributed by atoms with E-state index < -0.39 is 0 Å². The quantitative estimate of drug-likeness (QED) is 0.141. The van der Waals surface area contributed by atoms with Crippen molar-refractivity contribution < 1.29 is 0 Å². The van der Waals surface area contributed by atoms with Crippen molar-refractivity contribution in [2.24, 2.45) is 0 Å². The van der Waals surface area contributed by atoms with Gasteiger partial charge < -0.3 is 9.80 Å². The Hall–Kier alpha value is -8.72. The van der Waals surface area contributed by atoms with E-state index in [1.165, 1.54) is 87.6 Å². The highest BCUT2D eigenvalue weighted by Crippen LogP contribution is 2.53. The zero-order chi connectivity index (χ0) is 43.6. The van der Waals surface area contributed by atoms with Gasteiger partial charge in [-0.05, 0) is 166 Å². The van der Waals surface area contributed by atoms with E-state index in [4.69, 9.17) is 0 Å². The van der Waals surface area contributed by atoms with E-state index in [2.05, 4.69) is 265 Å². The predicted molar refractivity (Wildman–Crippen MR) is 281 cm³/mol. The van der Waals surface area contributed by atoms with Gasteiger partial charge in [-0.3, -0.25) is 0 Å². The summed E-state index contributed by atoms with van der Waals surface area (Å²) < 4.78 is 0. The highest BCUT2D eigenvalue weighted by atomic mass is 15.1. The summed E-state index contributed by atoms with van der Waals surface area (Å²) >= 11 is 0. The summed E-state index contributed by atoms with van der Waals surface area (Å²) in [5.74, 6) is 0. The second-order valence-corrected chi connectivity index (χ2v) is 17.2. The highest BCUT2D eigenvalue weighted by Gasteiger charge is 2.26. The molecular weight excluding hydrogens is 797 g/mol. The van der Waals surface area contributed by atoms with Crippen molar-refractivity contribution in [2.45, 2.75) is 0 Å². The number of hydrogen-bond acceptors (Lipinski definition) is 2. The van der Waals surface area contributed by atoms with Crippen LogP contribution in [-0.4, -0.2) is 0 Å². The highest BCUT2D eigenvalue weighted by molar-refractivity contribution is 6.27. The lowest BCUT2D eigenvalue weighted by atomic mass is 9.83. The van der Waals surface area contributed by atoms with Crippen LogP contribution in [0.15, 0.2) is 255 Å². The maximum Gasteiger partial charge on any atom is 0.0468 e. The van der Waals surface area contributed by atoms with E-state index >= 15 is 0 Å². The molecule has 1 aliphatic carbocycles. The standard InChI is InChI=1S/C64H42N2/c1-5-20-46(21-6-1)65(47-22-7-2-8-23-47)50-35-37-59-60(41-50)62(45-33-32-43-18-13-14-19-44(43)40-45)58-36-34-51(66(48-24-9-3-10-25-48)49-26-11-4-12-27-49)42-61(58)64(59)57-39-38-56-53-29-16-15-28-52(53)54-30-17-31-55(57)63(54)56/h1-42H. The molecule has 66 heavy (non-hydrogen) atoms. The van der Waals surface area contributed by atoms with Crippen LogP contribution in [0.1, 0.15) is 0 Å². The van der Waals surface area contributed by atoms with Crippen molar-refractivity contribution in [2.75, 3.05) is 9.80 Å². The molecule has 12 aromatic rings. The van der Waals surface area contributed by atoms with E-state index in [1.54, 1.807) is 0 Å². The van der Waals surface area contributed by atoms with Crippen LogP contribution in [0.2, 0.25) is 0 Å². The Balaban J connectivity index is 1.18. The lowest BCUT2D eigenvalue weighted by molar-refractivity contribution is 1.29. The maximum atomic E-state index is 2.45. The number of fused-ring (bicyclic) bond motifs is 6. The zero-order valence-electron chi connectivity index (χ0n) is 36.1. The largest absolute Gasteiger partial charge is 0.310 e. The predicted octanol–water partition coefficient (Wildman–Crippen LogP) is 18.2. The molecule has 0 amide bonds. The number of anilines is 6. The minimum atomic E-state index is 1.10. The first-order valence-electron chi connectivity index (χ1n) is 22.8. The molecule has 1 aliphatic rings. The molecule has 12 aromatic carbocycles. The van der Waals surface area contributed by atoms with Crippen LogP contribution in [0, 0.1) is 0 Å². The Kier molecular flexibility index (Phi) is 8.89. The fourth-order valence-electron chi connectivity index (χ4n) is 10.7. The Morgan fingerprint density at radius 2 is 0.652 bits per heavy atom. The van der Waals surface area contributed by atoms with Gasteiger partial charge in [0, 0.05) is 34.1 Å². The van der Waals surface area contributed by atoms with Crippen molar-refractivity contribution in [3.63, 3.8) is 0 Å². The molecule has 0 unspecified atom stereocenters. The molecule has 0 saturated carbocycles. The first kappa shape index (κ1) is 37.8. The Bertz CT molecular complexity index is 3700. The number of nitrogens with zero attached hydrogens (tertiary/aromatic N) is 2. The first-order chi connectivity index (χ1) is 32.8. The minimum absolute atomic E-state index is 1.10. The molecule has 0 saturated heterocycles. The van der Waals surface area contributed by atoms with Gasteiger partial charge in [0.25, 0.3) is 0 Å². The molecule has 0 aromatic heterocycles. The molecule has 0 N–H and O–H groups in total. The number of hydrogen-bond donors (Lipinski definition) is 0. The van der Waals surface area contributed by atoms with Crippen molar-refractivity contribution in [1.82, 2.24) is 0 Å². The Morgan fingerprint density at radius 3 is 1.21 bits per heavy atom. The minimum Gasteiger partial charge on any atom is -0.310 e. The Labute approximate surface area is 384 Å². The number of rotatable bonds is 8. The third-order valence-corrected chi connectivity index (χ3v) is 13.5. The van der Waals surface area contributed by atoms with Crippen molar-refractivity contribution in [3.8, 4) is 44.5 Å². The normalized spacial score (nSPS) is 11.6. The van der Waals surface area contributed by atoms with Crippen molar-refractivity contribution >= 4 is 77.2 Å². The van der Waals surface area contributed by atoms with Gasteiger partial charge >= 0.3 is 0 Å². The van der Waals surface area contributed by atoms with Crippen LogP contribution < -0.4 is 9.80 Å². The summed E-state index contributed by atoms with van der Waals surface area (Å²) in [4.78, 5) is 4.76. The molecule has 2 heteroatoms. The smallest absolute Gasteiger partial charge is 0.0468 e. The average molecular weight is 839 g/mol. The lowest BCUT2D eigenvalue weighted by Gasteiger charge is -2.28.